The zero-order chi connectivity index (χ0) is 13.9. The van der Waals surface area contributed by atoms with Gasteiger partial charge < -0.3 is 4.74 Å². The summed E-state index contributed by atoms with van der Waals surface area (Å²) in [5.74, 6) is 0.664. The number of ether oxygens (including phenoxy) is 1. The Bertz CT molecular complexity index is 421. The van der Waals surface area contributed by atoms with Crippen LogP contribution >= 0.6 is 0 Å². The van der Waals surface area contributed by atoms with E-state index in [0.29, 0.717) is 11.7 Å². The normalized spacial score (nSPS) is 19.4. The molecule has 0 saturated heterocycles. The second kappa shape index (κ2) is 5.94. The van der Waals surface area contributed by atoms with Gasteiger partial charge in [-0.15, -0.1) is 0 Å². The fraction of sp³-hybridized carbons (Fsp3) is 0.647. The van der Waals surface area contributed by atoms with E-state index >= 15 is 0 Å². The third kappa shape index (κ3) is 3.10. The predicted molar refractivity (Wildman–Crippen MR) is 77.2 cm³/mol. The number of rotatable bonds is 5. The van der Waals surface area contributed by atoms with E-state index in [-0.39, 0.29) is 11.4 Å². The van der Waals surface area contributed by atoms with Crippen LogP contribution in [0.4, 0.5) is 4.39 Å². The van der Waals surface area contributed by atoms with Crippen LogP contribution < -0.4 is 4.74 Å². The van der Waals surface area contributed by atoms with E-state index < -0.39 is 0 Å². The molecule has 2 rings (SSSR count). The minimum atomic E-state index is -0.230. The minimum Gasteiger partial charge on any atom is -0.484 e. The van der Waals surface area contributed by atoms with Crippen molar-refractivity contribution in [3.63, 3.8) is 0 Å². The molecular formula is C17H25FO. The van der Waals surface area contributed by atoms with Crippen LogP contribution in [0.1, 0.15) is 70.8 Å². The molecule has 0 heterocycles. The molecule has 106 valence electrons. The average Bonchev–Trinajstić information content (AvgIpc) is 2.89. The molecule has 1 unspecified atom stereocenters. The van der Waals surface area contributed by atoms with Crippen LogP contribution in [0.5, 0.6) is 5.75 Å². The summed E-state index contributed by atoms with van der Waals surface area (Å²) in [6, 6.07) is 5.33. The highest BCUT2D eigenvalue weighted by Crippen LogP contribution is 2.38. The molecule has 0 aliphatic heterocycles. The fourth-order valence-electron chi connectivity index (χ4n) is 2.92. The largest absolute Gasteiger partial charge is 0.484 e. The molecule has 1 fully saturated rings. The van der Waals surface area contributed by atoms with Gasteiger partial charge in [-0.05, 0) is 62.1 Å². The summed E-state index contributed by atoms with van der Waals surface area (Å²) < 4.78 is 20.1. The van der Waals surface area contributed by atoms with Crippen LogP contribution in [-0.2, 0) is 0 Å². The maximum absolute atomic E-state index is 14.0. The Hall–Kier alpha value is -1.05. The van der Waals surface area contributed by atoms with E-state index in [9.17, 15) is 4.39 Å². The van der Waals surface area contributed by atoms with E-state index in [1.165, 1.54) is 18.4 Å². The third-order valence-electron chi connectivity index (χ3n) is 4.62. The Morgan fingerprint density at radius 1 is 1.26 bits per heavy atom. The van der Waals surface area contributed by atoms with Crippen LogP contribution in [0.25, 0.3) is 0 Å². The van der Waals surface area contributed by atoms with Crippen molar-refractivity contribution in [2.45, 2.75) is 70.8 Å². The quantitative estimate of drug-likeness (QED) is 0.688. The minimum absolute atomic E-state index is 0.130. The van der Waals surface area contributed by atoms with E-state index in [4.69, 9.17) is 4.74 Å². The summed E-state index contributed by atoms with van der Waals surface area (Å²) in [7, 11) is 0. The van der Waals surface area contributed by atoms with Crippen LogP contribution in [0, 0.1) is 5.82 Å². The lowest BCUT2D eigenvalue weighted by Crippen LogP contribution is -2.32. The molecule has 1 aliphatic rings. The Balaban J connectivity index is 2.23. The fourth-order valence-corrected chi connectivity index (χ4v) is 2.92. The van der Waals surface area contributed by atoms with Crippen molar-refractivity contribution in [1.29, 1.82) is 0 Å². The lowest BCUT2D eigenvalue weighted by atomic mass is 9.97. The maximum atomic E-state index is 14.0. The van der Waals surface area contributed by atoms with Crippen molar-refractivity contribution in [3.05, 3.63) is 29.6 Å². The monoisotopic (exact) mass is 264 g/mol. The van der Waals surface area contributed by atoms with Gasteiger partial charge >= 0.3 is 0 Å². The molecule has 0 amide bonds. The van der Waals surface area contributed by atoms with Crippen LogP contribution in [0.3, 0.4) is 0 Å². The zero-order valence-electron chi connectivity index (χ0n) is 12.3. The number of halogens is 1. The summed E-state index contributed by atoms with van der Waals surface area (Å²) in [5.41, 5.74) is 1.04. The molecule has 1 aromatic rings. The highest BCUT2D eigenvalue weighted by molar-refractivity contribution is 5.33. The van der Waals surface area contributed by atoms with Crippen molar-refractivity contribution < 1.29 is 9.13 Å². The lowest BCUT2D eigenvalue weighted by Gasteiger charge is -2.29. The summed E-state index contributed by atoms with van der Waals surface area (Å²) in [4.78, 5) is 0. The maximum Gasteiger partial charge on any atom is 0.165 e. The van der Waals surface area contributed by atoms with Crippen LogP contribution in [0.2, 0.25) is 0 Å². The highest BCUT2D eigenvalue weighted by atomic mass is 19.1. The number of benzene rings is 1. The first-order valence-corrected chi connectivity index (χ1v) is 7.58. The molecule has 0 aromatic heterocycles. The van der Waals surface area contributed by atoms with Gasteiger partial charge in [-0.1, -0.05) is 26.8 Å². The van der Waals surface area contributed by atoms with E-state index in [1.54, 1.807) is 6.07 Å². The summed E-state index contributed by atoms with van der Waals surface area (Å²) in [6.07, 6.45) is 6.51. The molecule has 1 saturated carbocycles. The van der Waals surface area contributed by atoms with Crippen LogP contribution in [0.15, 0.2) is 18.2 Å². The molecule has 0 radical (unpaired) electrons. The topological polar surface area (TPSA) is 9.23 Å². The van der Waals surface area contributed by atoms with E-state index in [0.717, 1.165) is 25.7 Å². The van der Waals surface area contributed by atoms with Gasteiger partial charge in [-0.3, -0.25) is 0 Å². The van der Waals surface area contributed by atoms with Gasteiger partial charge in [0.2, 0.25) is 0 Å². The van der Waals surface area contributed by atoms with Crippen LogP contribution in [-0.4, -0.2) is 5.60 Å². The molecule has 1 nitrogen and oxygen atoms in total. The molecule has 19 heavy (non-hydrogen) atoms. The van der Waals surface area contributed by atoms with E-state index in [1.807, 2.05) is 12.1 Å². The summed E-state index contributed by atoms with van der Waals surface area (Å²) in [6.45, 7) is 6.46. The zero-order valence-corrected chi connectivity index (χ0v) is 12.3. The van der Waals surface area contributed by atoms with Gasteiger partial charge in [-0.2, -0.15) is 0 Å². The Kier molecular flexibility index (Phi) is 4.49. The van der Waals surface area contributed by atoms with Gasteiger partial charge in [0.25, 0.3) is 0 Å². The summed E-state index contributed by atoms with van der Waals surface area (Å²) >= 11 is 0. The molecule has 1 aromatic carbocycles. The first kappa shape index (κ1) is 14.4. The van der Waals surface area contributed by atoms with E-state index in [2.05, 4.69) is 20.8 Å². The number of hydrogen-bond acceptors (Lipinski definition) is 1. The van der Waals surface area contributed by atoms with Crippen molar-refractivity contribution in [3.8, 4) is 5.75 Å². The Morgan fingerprint density at radius 2 is 1.95 bits per heavy atom. The van der Waals surface area contributed by atoms with Gasteiger partial charge in [-0.25, -0.2) is 4.39 Å². The number of hydrogen-bond donors (Lipinski definition) is 0. The Labute approximate surface area is 116 Å². The van der Waals surface area contributed by atoms with Crippen molar-refractivity contribution >= 4 is 0 Å². The van der Waals surface area contributed by atoms with Gasteiger partial charge in [0.1, 0.15) is 5.60 Å². The van der Waals surface area contributed by atoms with Crippen molar-refractivity contribution in [2.24, 2.45) is 0 Å². The first-order valence-electron chi connectivity index (χ1n) is 7.58. The molecular weight excluding hydrogens is 239 g/mol. The summed E-state index contributed by atoms with van der Waals surface area (Å²) in [5, 5.41) is 0. The van der Waals surface area contributed by atoms with Gasteiger partial charge in [0.05, 0.1) is 0 Å². The second-order valence-electron chi connectivity index (χ2n) is 5.84. The molecule has 2 heteroatoms. The average molecular weight is 264 g/mol. The smallest absolute Gasteiger partial charge is 0.165 e. The molecule has 0 N–H and O–H groups in total. The second-order valence-corrected chi connectivity index (χ2v) is 5.84. The third-order valence-corrected chi connectivity index (χ3v) is 4.62. The lowest BCUT2D eigenvalue weighted by molar-refractivity contribution is 0.0672. The SMILES string of the molecule is CCC(C)c1ccc(F)c(OC2(CC)CCCC2)c1. The molecule has 0 bridgehead atoms. The molecule has 1 atom stereocenters. The molecule has 1 aliphatic carbocycles. The predicted octanol–water partition coefficient (Wildman–Crippen LogP) is 5.44. The van der Waals surface area contributed by atoms with Crippen molar-refractivity contribution in [1.82, 2.24) is 0 Å². The van der Waals surface area contributed by atoms with Gasteiger partial charge in [0.15, 0.2) is 11.6 Å². The first-order chi connectivity index (χ1) is 9.10. The van der Waals surface area contributed by atoms with Gasteiger partial charge in [0, 0.05) is 0 Å². The Morgan fingerprint density at radius 3 is 2.53 bits per heavy atom. The molecule has 0 spiro atoms. The highest BCUT2D eigenvalue weighted by Gasteiger charge is 2.34. The van der Waals surface area contributed by atoms with Crippen molar-refractivity contribution in [2.75, 3.05) is 0 Å². The standard InChI is InChI=1S/C17H25FO/c1-4-13(3)14-8-9-15(18)16(12-14)19-17(5-2)10-6-7-11-17/h8-9,12-13H,4-7,10-11H2,1-3H3.